The van der Waals surface area contributed by atoms with Crippen LogP contribution in [0.15, 0.2) is 66.7 Å². The number of hydrogen-bond donors (Lipinski definition) is 2. The summed E-state index contributed by atoms with van der Waals surface area (Å²) in [6.45, 7) is 13.2. The van der Waals surface area contributed by atoms with Crippen molar-refractivity contribution in [3.8, 4) is 17.5 Å². The molecular weight excluding hydrogens is 663 g/mol. The van der Waals surface area contributed by atoms with Crippen molar-refractivity contribution in [1.29, 1.82) is 0 Å². The predicted octanol–water partition coefficient (Wildman–Crippen LogP) is 8.44. The predicted molar refractivity (Wildman–Crippen MR) is 212 cm³/mol. The molecule has 0 radical (unpaired) electrons. The van der Waals surface area contributed by atoms with Crippen LogP contribution in [0.3, 0.4) is 0 Å². The molecule has 2 aliphatic rings. The van der Waals surface area contributed by atoms with Crippen molar-refractivity contribution in [2.24, 2.45) is 0 Å². The zero-order valence-electron chi connectivity index (χ0n) is 32.1. The fraction of sp³-hybridized carbons (Fsp3) is 0.455. The van der Waals surface area contributed by atoms with Crippen molar-refractivity contribution >= 4 is 18.3 Å². The number of unbranched alkanes of at least 4 members (excludes halogenated alkanes) is 1. The summed E-state index contributed by atoms with van der Waals surface area (Å²) in [5.74, 6) is 8.07. The number of benzene rings is 2. The SMILES string of the molecule is CCC(CN1CCCC1)c1cc(C#CCCCC(=O)OCc2ccccc2)cc(-n2nc(C)cc2C)c1.CCCc1ccc2c(n1)NCCC2.O=CO. The van der Waals surface area contributed by atoms with E-state index in [4.69, 9.17) is 19.7 Å². The Balaban J connectivity index is 0.000000324. The number of ether oxygens (including phenoxy) is 1. The number of anilines is 1. The Morgan fingerprint density at radius 3 is 2.51 bits per heavy atom. The van der Waals surface area contributed by atoms with Crippen LogP contribution in [-0.4, -0.2) is 63.4 Å². The van der Waals surface area contributed by atoms with Crippen LogP contribution in [-0.2, 0) is 33.8 Å². The molecule has 4 heterocycles. The fourth-order valence-corrected chi connectivity index (χ4v) is 6.76. The third-order valence-electron chi connectivity index (χ3n) is 9.45. The minimum absolute atomic E-state index is 0.174. The first-order chi connectivity index (χ1) is 25.8. The molecular formula is C44H57N5O4. The highest BCUT2D eigenvalue weighted by atomic mass is 16.5. The number of pyridine rings is 1. The molecule has 1 saturated heterocycles. The van der Waals surface area contributed by atoms with E-state index in [2.05, 4.69) is 84.2 Å². The van der Waals surface area contributed by atoms with Crippen LogP contribution in [0.2, 0.25) is 0 Å². The van der Waals surface area contributed by atoms with Crippen LogP contribution in [0.5, 0.6) is 0 Å². The molecule has 2 aromatic carbocycles. The molecule has 0 amide bonds. The number of rotatable bonds is 12. The summed E-state index contributed by atoms with van der Waals surface area (Å²) in [6, 6.07) is 22.9. The zero-order valence-corrected chi connectivity index (χ0v) is 32.1. The monoisotopic (exact) mass is 719 g/mol. The molecule has 9 nitrogen and oxygen atoms in total. The Morgan fingerprint density at radius 1 is 1.04 bits per heavy atom. The quantitative estimate of drug-likeness (QED) is 0.0650. The molecule has 2 N–H and O–H groups in total. The number of esters is 1. The van der Waals surface area contributed by atoms with Gasteiger partial charge in [-0.2, -0.15) is 5.10 Å². The topological polar surface area (TPSA) is 110 Å². The first kappa shape index (κ1) is 40.8. The second-order valence-corrected chi connectivity index (χ2v) is 13.8. The third kappa shape index (κ3) is 13.5. The van der Waals surface area contributed by atoms with E-state index in [9.17, 15) is 4.79 Å². The van der Waals surface area contributed by atoms with Gasteiger partial charge in [0.15, 0.2) is 0 Å². The molecule has 53 heavy (non-hydrogen) atoms. The number of aromatic nitrogens is 3. The van der Waals surface area contributed by atoms with Gasteiger partial charge in [-0.25, -0.2) is 9.67 Å². The van der Waals surface area contributed by atoms with Crippen molar-refractivity contribution in [2.75, 3.05) is 31.5 Å². The van der Waals surface area contributed by atoms with Gasteiger partial charge in [-0.05, 0) is 125 Å². The lowest BCUT2D eigenvalue weighted by molar-refractivity contribution is -0.145. The fourth-order valence-electron chi connectivity index (χ4n) is 6.76. The Hall–Kier alpha value is -4.94. The van der Waals surface area contributed by atoms with Crippen LogP contribution >= 0.6 is 0 Å². The Kier molecular flexibility index (Phi) is 17.1. The maximum absolute atomic E-state index is 12.1. The van der Waals surface area contributed by atoms with E-state index in [0.29, 0.717) is 31.8 Å². The smallest absolute Gasteiger partial charge is 0.306 e. The number of nitrogens with one attached hydrogen (secondary N) is 1. The average molecular weight is 720 g/mol. The molecule has 2 aliphatic heterocycles. The number of hydrogen-bond acceptors (Lipinski definition) is 7. The molecule has 4 aromatic rings. The van der Waals surface area contributed by atoms with E-state index >= 15 is 0 Å². The lowest BCUT2D eigenvalue weighted by Gasteiger charge is -2.23. The second-order valence-electron chi connectivity index (χ2n) is 13.8. The zero-order chi connectivity index (χ0) is 37.8. The van der Waals surface area contributed by atoms with Crippen LogP contribution in [0.1, 0.15) is 110 Å². The minimum Gasteiger partial charge on any atom is -0.483 e. The van der Waals surface area contributed by atoms with Crippen molar-refractivity contribution in [1.82, 2.24) is 19.7 Å². The number of fused-ring (bicyclic) bond motifs is 1. The van der Waals surface area contributed by atoms with Crippen molar-refractivity contribution in [2.45, 2.75) is 104 Å². The number of carbonyl (C=O) groups excluding carboxylic acids is 1. The lowest BCUT2D eigenvalue weighted by Crippen LogP contribution is -2.25. The highest BCUT2D eigenvalue weighted by molar-refractivity contribution is 5.69. The van der Waals surface area contributed by atoms with Crippen molar-refractivity contribution in [3.05, 3.63) is 106 Å². The maximum Gasteiger partial charge on any atom is 0.306 e. The Bertz CT molecular complexity index is 1790. The van der Waals surface area contributed by atoms with Gasteiger partial charge in [0, 0.05) is 42.9 Å². The molecule has 1 atom stereocenters. The summed E-state index contributed by atoms with van der Waals surface area (Å²) >= 11 is 0. The molecule has 2 aromatic heterocycles. The molecule has 282 valence electrons. The number of likely N-dealkylation sites (tertiary alicyclic amines) is 1. The third-order valence-corrected chi connectivity index (χ3v) is 9.45. The van der Waals surface area contributed by atoms with Gasteiger partial charge in [-0.1, -0.05) is 68.5 Å². The summed E-state index contributed by atoms with van der Waals surface area (Å²) in [7, 11) is 0. The summed E-state index contributed by atoms with van der Waals surface area (Å²) < 4.78 is 7.40. The maximum atomic E-state index is 12.1. The number of nitrogens with zero attached hydrogens (tertiary/aromatic N) is 4. The van der Waals surface area contributed by atoms with Gasteiger partial charge in [-0.3, -0.25) is 9.59 Å². The molecule has 0 saturated carbocycles. The van der Waals surface area contributed by atoms with Crippen molar-refractivity contribution < 1.29 is 19.4 Å². The van der Waals surface area contributed by atoms with E-state index in [-0.39, 0.29) is 12.4 Å². The Labute approximate surface area is 316 Å². The van der Waals surface area contributed by atoms with Crippen LogP contribution in [0.25, 0.3) is 5.69 Å². The number of aryl methyl sites for hydroxylation is 4. The van der Waals surface area contributed by atoms with E-state index in [1.807, 2.05) is 41.9 Å². The largest absolute Gasteiger partial charge is 0.483 e. The van der Waals surface area contributed by atoms with E-state index in [1.54, 1.807) is 0 Å². The van der Waals surface area contributed by atoms with Crippen molar-refractivity contribution in [3.63, 3.8) is 0 Å². The molecule has 1 fully saturated rings. The normalized spacial score (nSPS) is 13.8. The molecule has 6 rings (SSSR count). The van der Waals surface area contributed by atoms with Gasteiger partial charge in [0.05, 0.1) is 11.4 Å². The van der Waals surface area contributed by atoms with Crippen LogP contribution in [0, 0.1) is 25.7 Å². The summed E-state index contributed by atoms with van der Waals surface area (Å²) in [4.78, 5) is 27.6. The summed E-state index contributed by atoms with van der Waals surface area (Å²) in [6.07, 6.45) is 10.1. The standard InChI is InChI=1S/C32H39N3O2.C11H16N2.CH2O2/c1-4-29(23-34-17-11-12-18-34)30-20-28(21-31(22-30)35-26(3)19-25(2)33-35)15-9-6-10-16-32(36)37-24-27-13-7-5-8-14-27;1-2-4-10-7-6-9-5-3-8-12-11(9)13-10;2-1-3/h5,7-8,13-14,19-22,29H,4,6,10-12,16-18,23-24H2,1-3H3;6-7H,2-5,8H2,1H3,(H,12,13);1H,(H,2,3). The molecule has 0 bridgehead atoms. The molecule has 9 heteroatoms. The van der Waals surface area contributed by atoms with Gasteiger partial charge in [-0.15, -0.1) is 0 Å². The average Bonchev–Trinajstić information content (AvgIpc) is 3.82. The first-order valence-electron chi connectivity index (χ1n) is 19.2. The molecule has 0 spiro atoms. The van der Waals surface area contributed by atoms with E-state index in [1.165, 1.54) is 62.0 Å². The summed E-state index contributed by atoms with van der Waals surface area (Å²) in [5.41, 5.74) is 9.14. The minimum atomic E-state index is -0.250. The van der Waals surface area contributed by atoms with E-state index in [0.717, 1.165) is 60.0 Å². The first-order valence-corrected chi connectivity index (χ1v) is 19.2. The van der Waals surface area contributed by atoms with Gasteiger partial charge >= 0.3 is 5.97 Å². The van der Waals surface area contributed by atoms with Gasteiger partial charge in [0.1, 0.15) is 12.4 Å². The highest BCUT2D eigenvalue weighted by Gasteiger charge is 2.19. The van der Waals surface area contributed by atoms with Gasteiger partial charge in [0.2, 0.25) is 0 Å². The van der Waals surface area contributed by atoms with Crippen LogP contribution in [0.4, 0.5) is 5.82 Å². The highest BCUT2D eigenvalue weighted by Crippen LogP contribution is 2.27. The van der Waals surface area contributed by atoms with Gasteiger partial charge in [0.25, 0.3) is 6.47 Å². The van der Waals surface area contributed by atoms with Crippen LogP contribution < -0.4 is 5.32 Å². The number of carboxylic acid groups (broad SMARTS) is 1. The van der Waals surface area contributed by atoms with Gasteiger partial charge < -0.3 is 20.1 Å². The second kappa shape index (κ2) is 22.2. The summed E-state index contributed by atoms with van der Waals surface area (Å²) in [5, 5.41) is 15.0. The number of carbonyl (C=O) groups is 2. The lowest BCUT2D eigenvalue weighted by atomic mass is 9.93. The Morgan fingerprint density at radius 2 is 1.81 bits per heavy atom. The van der Waals surface area contributed by atoms with E-state index < -0.39 is 0 Å². The molecule has 1 unspecified atom stereocenters. The molecule has 0 aliphatic carbocycles.